The van der Waals surface area contributed by atoms with Crippen molar-refractivity contribution in [3.8, 4) is 5.75 Å². The minimum atomic E-state index is -0.353. The van der Waals surface area contributed by atoms with E-state index in [4.69, 9.17) is 4.74 Å². The van der Waals surface area contributed by atoms with Crippen molar-refractivity contribution >= 4 is 5.96 Å². The molecule has 5 nitrogen and oxygen atoms in total. The van der Waals surface area contributed by atoms with Crippen LogP contribution in [0.25, 0.3) is 0 Å². The number of nitrogens with zero attached hydrogens (tertiary/aromatic N) is 2. The molecule has 0 fully saturated rings. The normalized spacial score (nSPS) is 11.2. The molecule has 2 aromatic rings. The van der Waals surface area contributed by atoms with Crippen LogP contribution in [-0.4, -0.2) is 31.1 Å². The zero-order chi connectivity index (χ0) is 17.2. The molecule has 1 aromatic carbocycles. The summed E-state index contributed by atoms with van der Waals surface area (Å²) < 4.78 is 19.0. The molecule has 128 valence electrons. The predicted molar refractivity (Wildman–Crippen MR) is 93.7 cm³/mol. The van der Waals surface area contributed by atoms with Crippen LogP contribution in [0.1, 0.15) is 18.2 Å². The largest absolute Gasteiger partial charge is 0.491 e. The summed E-state index contributed by atoms with van der Waals surface area (Å²) in [5.41, 5.74) is 1.85. The van der Waals surface area contributed by atoms with Crippen molar-refractivity contribution in [2.45, 2.75) is 19.9 Å². The van der Waals surface area contributed by atoms with Gasteiger partial charge in [0.15, 0.2) is 17.5 Å². The molecule has 24 heavy (non-hydrogen) atoms. The number of pyridine rings is 1. The molecule has 2 rings (SSSR count). The van der Waals surface area contributed by atoms with Gasteiger partial charge in [-0.15, -0.1) is 0 Å². The van der Waals surface area contributed by atoms with Crippen LogP contribution >= 0.6 is 0 Å². The Labute approximate surface area is 142 Å². The van der Waals surface area contributed by atoms with Crippen molar-refractivity contribution in [3.05, 3.63) is 59.7 Å². The van der Waals surface area contributed by atoms with Crippen LogP contribution in [0.4, 0.5) is 4.39 Å². The van der Waals surface area contributed by atoms with Gasteiger partial charge in [-0.25, -0.2) is 4.39 Å². The highest BCUT2D eigenvalue weighted by atomic mass is 19.1. The average Bonchev–Trinajstić information content (AvgIpc) is 2.61. The monoisotopic (exact) mass is 330 g/mol. The summed E-state index contributed by atoms with van der Waals surface area (Å²) in [6, 6.07) is 10.8. The number of ether oxygens (including phenoxy) is 1. The lowest BCUT2D eigenvalue weighted by Crippen LogP contribution is -2.37. The molecule has 0 radical (unpaired) electrons. The smallest absolute Gasteiger partial charge is 0.191 e. The van der Waals surface area contributed by atoms with Crippen LogP contribution in [0.15, 0.2) is 47.6 Å². The minimum Gasteiger partial charge on any atom is -0.491 e. The zero-order valence-corrected chi connectivity index (χ0v) is 14.1. The van der Waals surface area contributed by atoms with E-state index in [1.807, 2.05) is 31.2 Å². The van der Waals surface area contributed by atoms with Gasteiger partial charge in [0, 0.05) is 38.4 Å². The average molecular weight is 330 g/mol. The Morgan fingerprint density at radius 2 is 2.12 bits per heavy atom. The first-order valence-corrected chi connectivity index (χ1v) is 7.98. The third kappa shape index (κ3) is 5.53. The second-order valence-corrected chi connectivity index (χ2v) is 5.12. The molecule has 1 heterocycles. The van der Waals surface area contributed by atoms with Crippen molar-refractivity contribution in [3.63, 3.8) is 0 Å². The highest BCUT2D eigenvalue weighted by Gasteiger charge is 2.05. The highest BCUT2D eigenvalue weighted by Crippen LogP contribution is 2.18. The molecule has 0 spiro atoms. The lowest BCUT2D eigenvalue weighted by molar-refractivity contribution is 0.321. The van der Waals surface area contributed by atoms with E-state index in [2.05, 4.69) is 20.6 Å². The Kier molecular flexibility index (Phi) is 7.01. The number of hydrogen-bond acceptors (Lipinski definition) is 3. The SMILES string of the molecule is CCOc1ccc(CNC(=NC)NCCc2ccccn2)cc1F. The van der Waals surface area contributed by atoms with Gasteiger partial charge in [0.2, 0.25) is 0 Å². The molecule has 0 atom stereocenters. The summed E-state index contributed by atoms with van der Waals surface area (Å²) in [6.45, 7) is 3.47. The number of aromatic nitrogens is 1. The maximum Gasteiger partial charge on any atom is 0.191 e. The molecule has 0 aliphatic carbocycles. The van der Waals surface area contributed by atoms with E-state index in [1.54, 1.807) is 19.3 Å². The van der Waals surface area contributed by atoms with Gasteiger partial charge in [0.1, 0.15) is 0 Å². The first-order chi connectivity index (χ1) is 11.7. The molecule has 0 unspecified atom stereocenters. The van der Waals surface area contributed by atoms with E-state index >= 15 is 0 Å². The van der Waals surface area contributed by atoms with Crippen LogP contribution in [0.5, 0.6) is 5.75 Å². The molecule has 0 saturated heterocycles. The zero-order valence-electron chi connectivity index (χ0n) is 14.1. The molecule has 0 bridgehead atoms. The van der Waals surface area contributed by atoms with Crippen LogP contribution in [0.2, 0.25) is 0 Å². The van der Waals surface area contributed by atoms with Crippen molar-refractivity contribution < 1.29 is 9.13 Å². The molecule has 2 N–H and O–H groups in total. The van der Waals surface area contributed by atoms with Gasteiger partial charge in [0.25, 0.3) is 0 Å². The quantitative estimate of drug-likeness (QED) is 0.605. The van der Waals surface area contributed by atoms with E-state index in [1.165, 1.54) is 6.07 Å². The lowest BCUT2D eigenvalue weighted by atomic mass is 10.2. The van der Waals surface area contributed by atoms with Crippen molar-refractivity contribution in [2.24, 2.45) is 4.99 Å². The number of halogens is 1. The van der Waals surface area contributed by atoms with Gasteiger partial charge in [-0.3, -0.25) is 9.98 Å². The second-order valence-electron chi connectivity index (χ2n) is 5.12. The molecule has 0 aliphatic heterocycles. The van der Waals surface area contributed by atoms with Crippen LogP contribution in [-0.2, 0) is 13.0 Å². The number of rotatable bonds is 7. The fraction of sp³-hybridized carbons (Fsp3) is 0.333. The maximum atomic E-state index is 13.8. The standard InChI is InChI=1S/C18H23FN4O/c1-3-24-17-8-7-14(12-16(17)19)13-23-18(20-2)22-11-9-15-6-4-5-10-21-15/h4-8,10,12H,3,9,11,13H2,1-2H3,(H2,20,22,23). The summed E-state index contributed by atoms with van der Waals surface area (Å²) in [5.74, 6) is 0.591. The Bertz CT molecular complexity index is 661. The predicted octanol–water partition coefficient (Wildman–Crippen LogP) is 2.53. The maximum absolute atomic E-state index is 13.8. The number of nitrogens with one attached hydrogen (secondary N) is 2. The summed E-state index contributed by atoms with van der Waals surface area (Å²) >= 11 is 0. The molecule has 0 aliphatic rings. The molecular weight excluding hydrogens is 307 g/mol. The van der Waals surface area contributed by atoms with E-state index in [0.29, 0.717) is 25.7 Å². The third-order valence-corrected chi connectivity index (χ3v) is 3.38. The Balaban J connectivity index is 1.80. The van der Waals surface area contributed by atoms with Crippen molar-refractivity contribution in [1.82, 2.24) is 15.6 Å². The summed E-state index contributed by atoms with van der Waals surface area (Å²) in [4.78, 5) is 8.43. The van der Waals surface area contributed by atoms with Crippen molar-refractivity contribution in [2.75, 3.05) is 20.2 Å². The Hall–Kier alpha value is -2.63. The van der Waals surface area contributed by atoms with Crippen molar-refractivity contribution in [1.29, 1.82) is 0 Å². The fourth-order valence-corrected chi connectivity index (χ4v) is 2.19. The van der Waals surface area contributed by atoms with Crippen LogP contribution < -0.4 is 15.4 Å². The van der Waals surface area contributed by atoms with Crippen LogP contribution in [0, 0.1) is 5.82 Å². The van der Waals surface area contributed by atoms with Gasteiger partial charge in [-0.05, 0) is 36.8 Å². The minimum absolute atomic E-state index is 0.277. The third-order valence-electron chi connectivity index (χ3n) is 3.38. The summed E-state index contributed by atoms with van der Waals surface area (Å²) in [7, 11) is 1.70. The molecular formula is C18H23FN4O. The number of benzene rings is 1. The van der Waals surface area contributed by atoms with E-state index in [-0.39, 0.29) is 11.6 Å². The van der Waals surface area contributed by atoms with Crippen LogP contribution in [0.3, 0.4) is 0 Å². The Morgan fingerprint density at radius 1 is 1.25 bits per heavy atom. The van der Waals surface area contributed by atoms with Gasteiger partial charge >= 0.3 is 0 Å². The summed E-state index contributed by atoms with van der Waals surface area (Å²) in [5, 5.41) is 6.38. The number of guanidine groups is 1. The van der Waals surface area contributed by atoms with Gasteiger partial charge in [0.05, 0.1) is 6.61 Å². The van der Waals surface area contributed by atoms with E-state index in [9.17, 15) is 4.39 Å². The van der Waals surface area contributed by atoms with Gasteiger partial charge < -0.3 is 15.4 Å². The topological polar surface area (TPSA) is 58.5 Å². The van der Waals surface area contributed by atoms with E-state index in [0.717, 1.165) is 17.7 Å². The first-order valence-electron chi connectivity index (χ1n) is 7.98. The van der Waals surface area contributed by atoms with Gasteiger partial charge in [-0.2, -0.15) is 0 Å². The number of aliphatic imine (C=N–C) groups is 1. The van der Waals surface area contributed by atoms with Gasteiger partial charge in [-0.1, -0.05) is 12.1 Å². The Morgan fingerprint density at radius 3 is 2.79 bits per heavy atom. The molecule has 1 aromatic heterocycles. The lowest BCUT2D eigenvalue weighted by Gasteiger charge is -2.12. The second kappa shape index (κ2) is 9.50. The highest BCUT2D eigenvalue weighted by molar-refractivity contribution is 5.79. The van der Waals surface area contributed by atoms with E-state index < -0.39 is 0 Å². The summed E-state index contributed by atoms with van der Waals surface area (Å²) in [6.07, 6.45) is 2.59. The number of hydrogen-bond donors (Lipinski definition) is 2. The molecule has 0 saturated carbocycles. The fourth-order valence-electron chi connectivity index (χ4n) is 2.19. The molecule has 0 amide bonds. The molecule has 6 heteroatoms. The first kappa shape index (κ1) is 17.7.